The first kappa shape index (κ1) is 28.1. The molecule has 5 nitrogen and oxygen atoms in total. The van der Waals surface area contributed by atoms with E-state index in [1.807, 2.05) is 7.05 Å². The molecule has 0 spiro atoms. The van der Waals surface area contributed by atoms with Crippen molar-refractivity contribution in [3.63, 3.8) is 0 Å². The molecule has 0 rings (SSSR count). The summed E-state index contributed by atoms with van der Waals surface area (Å²) in [5.74, 6) is 0. The first-order valence-corrected chi connectivity index (χ1v) is 8.42. The van der Waals surface area contributed by atoms with E-state index >= 15 is 0 Å². The molecule has 0 bridgehead atoms. The number of nitrogens with zero attached hydrogens (tertiary/aromatic N) is 5. The largest absolute Gasteiger partial charge is 0.678 e. The smallest absolute Gasteiger partial charge is 0 e. The number of hydrogen-bond acceptors (Lipinski definition) is 1. The van der Waals surface area contributed by atoms with Crippen LogP contribution in [0.3, 0.4) is 0 Å². The Bertz CT molecular complexity index is 217. The number of rotatable bonds is 11. The second kappa shape index (κ2) is 18.6. The van der Waals surface area contributed by atoms with Crippen molar-refractivity contribution in [2.45, 2.75) is 72.1 Å². The molecule has 2 unspecified atom stereocenters. The molecule has 0 aromatic heterocycles. The zero-order valence-corrected chi connectivity index (χ0v) is 17.7. The van der Waals surface area contributed by atoms with Gasteiger partial charge in [0.2, 0.25) is 0 Å². The average Bonchev–Trinajstić information content (AvgIpc) is 2.37. The van der Waals surface area contributed by atoms with Crippen molar-refractivity contribution in [2.75, 3.05) is 40.9 Å². The van der Waals surface area contributed by atoms with Crippen LogP contribution in [0.25, 0.3) is 21.3 Å². The first-order chi connectivity index (χ1) is 10.2. The van der Waals surface area contributed by atoms with Crippen molar-refractivity contribution in [3.05, 3.63) is 21.3 Å². The third kappa shape index (κ3) is 27.4. The minimum atomic E-state index is 0. The Hall–Kier alpha value is 0.306. The summed E-state index contributed by atoms with van der Waals surface area (Å²) in [6.45, 7) is 15.2. The maximum Gasteiger partial charge on any atom is 0 e. The van der Waals surface area contributed by atoms with Crippen molar-refractivity contribution in [1.29, 1.82) is 0 Å². The molecule has 6 heteroatoms. The fraction of sp³-hybridized carbons (Fsp3) is 1.00. The SMILES string of the molecule is CC(C)[N-]C[N-]C(C)C.C[N-]C(C)CC(C)[N-]CCN(C)C.[Co]. The zero-order chi connectivity index (χ0) is 17.5. The maximum absolute atomic E-state index is 4.55. The molecule has 0 saturated carbocycles. The molecule has 0 aliphatic rings. The van der Waals surface area contributed by atoms with E-state index in [0.717, 1.165) is 19.5 Å². The Morgan fingerprint density at radius 1 is 0.783 bits per heavy atom. The van der Waals surface area contributed by atoms with Crippen molar-refractivity contribution in [2.24, 2.45) is 0 Å². The van der Waals surface area contributed by atoms with Crippen molar-refractivity contribution >= 4 is 0 Å². The summed E-state index contributed by atoms with van der Waals surface area (Å²) in [4.78, 5) is 2.16. The fourth-order valence-electron chi connectivity index (χ4n) is 1.53. The van der Waals surface area contributed by atoms with Gasteiger partial charge in [-0.3, -0.25) is 6.67 Å². The van der Waals surface area contributed by atoms with E-state index in [1.165, 1.54) is 0 Å². The molecule has 0 fully saturated rings. The molecule has 0 aliphatic heterocycles. The molecule has 23 heavy (non-hydrogen) atoms. The van der Waals surface area contributed by atoms with Gasteiger partial charge in [0, 0.05) is 16.8 Å². The summed E-state index contributed by atoms with van der Waals surface area (Å²) in [7, 11) is 6.02. The van der Waals surface area contributed by atoms with Crippen LogP contribution in [0.4, 0.5) is 0 Å². The zero-order valence-electron chi connectivity index (χ0n) is 16.7. The van der Waals surface area contributed by atoms with Crippen LogP contribution in [0.1, 0.15) is 48.0 Å². The van der Waals surface area contributed by atoms with E-state index in [2.05, 4.69) is 81.8 Å². The fourth-order valence-corrected chi connectivity index (χ4v) is 1.53. The van der Waals surface area contributed by atoms with Crippen LogP contribution in [0, 0.1) is 0 Å². The monoisotopic (exact) mass is 372 g/mol. The summed E-state index contributed by atoms with van der Waals surface area (Å²) >= 11 is 0. The van der Waals surface area contributed by atoms with Crippen LogP contribution in [0.5, 0.6) is 0 Å². The average molecular weight is 372 g/mol. The summed E-state index contributed by atoms with van der Waals surface area (Å²) in [6, 6.07) is 1.73. The molecular formula is C17H39CoN5-4. The van der Waals surface area contributed by atoms with E-state index < -0.39 is 0 Å². The summed E-state index contributed by atoms with van der Waals surface area (Å²) in [5.41, 5.74) is 0. The summed E-state index contributed by atoms with van der Waals surface area (Å²) < 4.78 is 0. The van der Waals surface area contributed by atoms with Crippen LogP contribution in [0.15, 0.2) is 0 Å². The Kier molecular flexibility index (Phi) is 22.8. The summed E-state index contributed by atoms with van der Waals surface area (Å²) in [6.07, 6.45) is 1.07. The first-order valence-electron chi connectivity index (χ1n) is 8.42. The quantitative estimate of drug-likeness (QED) is 0.523. The normalized spacial score (nSPS) is 13.6. The van der Waals surface area contributed by atoms with Gasteiger partial charge in [0.25, 0.3) is 0 Å². The summed E-state index contributed by atoms with van der Waals surface area (Å²) in [5, 5.41) is 17.1. The molecular weight excluding hydrogens is 333 g/mol. The van der Waals surface area contributed by atoms with E-state index in [-0.39, 0.29) is 16.8 Å². The predicted octanol–water partition coefficient (Wildman–Crippen LogP) is 4.60. The molecule has 2 atom stereocenters. The molecule has 1 radical (unpaired) electrons. The van der Waals surface area contributed by atoms with E-state index in [0.29, 0.717) is 30.8 Å². The van der Waals surface area contributed by atoms with Crippen molar-refractivity contribution in [3.8, 4) is 0 Å². The van der Waals surface area contributed by atoms with E-state index in [1.54, 1.807) is 0 Å². The third-order valence-electron chi connectivity index (χ3n) is 3.00. The van der Waals surface area contributed by atoms with Crippen LogP contribution >= 0.6 is 0 Å². The Morgan fingerprint density at radius 3 is 1.61 bits per heavy atom. The molecule has 0 saturated heterocycles. The molecule has 0 aromatic carbocycles. The molecule has 145 valence electrons. The minimum absolute atomic E-state index is 0. The van der Waals surface area contributed by atoms with Gasteiger partial charge in [0.05, 0.1) is 0 Å². The van der Waals surface area contributed by atoms with Gasteiger partial charge in [0.15, 0.2) is 0 Å². The van der Waals surface area contributed by atoms with Crippen LogP contribution in [-0.4, -0.2) is 70.0 Å². The Labute approximate surface area is 156 Å². The topological polar surface area (TPSA) is 59.6 Å². The Balaban J connectivity index is -0.000000354. The standard InChI is InChI=1S/C10H23N3.C7H16N2.Co/c1-9(11-3)8-10(2)12-6-7-13(4)5;1-6(2)8-5-9-7(3)4;/h9-10H,6-8H2,1-5H3;6-7H,5H2,1-4H3;/q2*-2;. The van der Waals surface area contributed by atoms with Crippen LogP contribution in [0.2, 0.25) is 0 Å². The minimum Gasteiger partial charge on any atom is -0.678 e. The van der Waals surface area contributed by atoms with Gasteiger partial charge in [-0.15, -0.1) is 30.7 Å². The van der Waals surface area contributed by atoms with E-state index in [9.17, 15) is 0 Å². The van der Waals surface area contributed by atoms with Gasteiger partial charge in [-0.2, -0.15) is 7.05 Å². The molecule has 0 aliphatic carbocycles. The van der Waals surface area contributed by atoms with Crippen molar-refractivity contribution < 1.29 is 16.8 Å². The van der Waals surface area contributed by atoms with E-state index in [4.69, 9.17) is 0 Å². The van der Waals surface area contributed by atoms with Crippen molar-refractivity contribution in [1.82, 2.24) is 4.90 Å². The second-order valence-corrected chi connectivity index (χ2v) is 6.60. The number of hydrogen-bond donors (Lipinski definition) is 0. The maximum atomic E-state index is 4.55. The van der Waals surface area contributed by atoms with Gasteiger partial charge in [-0.1, -0.05) is 48.0 Å². The predicted molar refractivity (Wildman–Crippen MR) is 101 cm³/mol. The molecule has 0 N–H and O–H groups in total. The third-order valence-corrected chi connectivity index (χ3v) is 3.00. The molecule has 0 heterocycles. The van der Waals surface area contributed by atoms with Crippen LogP contribution < -0.4 is 0 Å². The Morgan fingerprint density at radius 2 is 1.26 bits per heavy atom. The molecule has 0 aromatic rings. The van der Waals surface area contributed by atoms with Gasteiger partial charge >= 0.3 is 0 Å². The van der Waals surface area contributed by atoms with Gasteiger partial charge < -0.3 is 26.2 Å². The van der Waals surface area contributed by atoms with Gasteiger partial charge in [-0.25, -0.2) is 0 Å². The second-order valence-electron chi connectivity index (χ2n) is 6.60. The molecule has 0 amide bonds. The van der Waals surface area contributed by atoms with Gasteiger partial charge in [0.1, 0.15) is 0 Å². The van der Waals surface area contributed by atoms with Crippen LogP contribution in [-0.2, 0) is 16.8 Å². The number of likely N-dealkylation sites (N-methyl/N-ethyl adjacent to an activating group) is 1. The van der Waals surface area contributed by atoms with Gasteiger partial charge in [-0.05, 0) is 20.6 Å².